The van der Waals surface area contributed by atoms with Crippen molar-refractivity contribution in [3.63, 3.8) is 0 Å². The number of para-hydroxylation sites is 2. The van der Waals surface area contributed by atoms with Crippen LogP contribution in [0, 0.1) is 0 Å². The molecule has 26 heavy (non-hydrogen) atoms. The second-order valence-corrected chi connectivity index (χ2v) is 6.09. The molecule has 0 aliphatic carbocycles. The molecule has 0 saturated carbocycles. The minimum atomic E-state index is -0.162. The fourth-order valence-corrected chi connectivity index (χ4v) is 3.01. The van der Waals surface area contributed by atoms with Crippen LogP contribution in [0.2, 0.25) is 0 Å². The highest BCUT2D eigenvalue weighted by Gasteiger charge is 2.17. The largest absolute Gasteiger partial charge is 0.359 e. The van der Waals surface area contributed by atoms with Gasteiger partial charge in [0.25, 0.3) is 0 Å². The predicted molar refractivity (Wildman–Crippen MR) is 106 cm³/mol. The normalized spacial score (nSPS) is 10.6. The number of hydrogen-bond donors (Lipinski definition) is 2. The van der Waals surface area contributed by atoms with Gasteiger partial charge in [0.05, 0.1) is 12.2 Å². The van der Waals surface area contributed by atoms with Crippen molar-refractivity contribution in [2.45, 2.75) is 6.54 Å². The molecule has 0 aliphatic rings. The molecule has 0 spiro atoms. The van der Waals surface area contributed by atoms with Gasteiger partial charge in [-0.15, -0.1) is 0 Å². The number of hydrogen-bond acceptors (Lipinski definition) is 1. The molecular formula is C22H19N3O. The number of aromatic amines is 1. The van der Waals surface area contributed by atoms with Crippen LogP contribution in [0.15, 0.2) is 91.1 Å². The van der Waals surface area contributed by atoms with Gasteiger partial charge in [0.15, 0.2) is 0 Å². The maximum absolute atomic E-state index is 13.1. The molecule has 128 valence electrons. The zero-order valence-corrected chi connectivity index (χ0v) is 14.2. The molecule has 4 heteroatoms. The second-order valence-electron chi connectivity index (χ2n) is 6.09. The number of carbonyl (C=O) groups is 1. The fraction of sp³-hybridized carbons (Fsp3) is 0.0455. The van der Waals surface area contributed by atoms with Crippen LogP contribution in [0.5, 0.6) is 0 Å². The van der Waals surface area contributed by atoms with E-state index in [1.807, 2.05) is 91.1 Å². The molecule has 2 N–H and O–H groups in total. The van der Waals surface area contributed by atoms with Gasteiger partial charge in [-0.2, -0.15) is 0 Å². The average molecular weight is 341 g/mol. The van der Waals surface area contributed by atoms with E-state index in [4.69, 9.17) is 0 Å². The SMILES string of the molecule is O=C(Nc1c[nH]c2ccccc12)N(Cc1ccccc1)c1ccccc1. The first-order valence-corrected chi connectivity index (χ1v) is 8.55. The highest BCUT2D eigenvalue weighted by Crippen LogP contribution is 2.24. The maximum Gasteiger partial charge on any atom is 0.326 e. The number of carbonyl (C=O) groups excluding carboxylic acids is 1. The monoisotopic (exact) mass is 341 g/mol. The lowest BCUT2D eigenvalue weighted by molar-refractivity contribution is 0.256. The van der Waals surface area contributed by atoms with Gasteiger partial charge in [0, 0.05) is 22.8 Å². The van der Waals surface area contributed by atoms with Gasteiger partial charge in [-0.05, 0) is 23.8 Å². The minimum absolute atomic E-state index is 0.162. The summed E-state index contributed by atoms with van der Waals surface area (Å²) in [6, 6.07) is 27.4. The van der Waals surface area contributed by atoms with Crippen molar-refractivity contribution in [2.75, 3.05) is 10.2 Å². The number of nitrogens with zero attached hydrogens (tertiary/aromatic N) is 1. The summed E-state index contributed by atoms with van der Waals surface area (Å²) in [5.74, 6) is 0. The zero-order valence-electron chi connectivity index (χ0n) is 14.2. The summed E-state index contributed by atoms with van der Waals surface area (Å²) in [6.07, 6.45) is 1.83. The van der Waals surface area contributed by atoms with Crippen LogP contribution < -0.4 is 10.2 Å². The molecule has 4 aromatic rings. The van der Waals surface area contributed by atoms with Crippen molar-refractivity contribution in [1.82, 2.24) is 4.98 Å². The quantitative estimate of drug-likeness (QED) is 0.512. The van der Waals surface area contributed by atoms with Crippen LogP contribution in [-0.4, -0.2) is 11.0 Å². The third kappa shape index (κ3) is 3.30. The molecular weight excluding hydrogens is 322 g/mol. The van der Waals surface area contributed by atoms with Crippen molar-refractivity contribution in [3.8, 4) is 0 Å². The Morgan fingerprint density at radius 3 is 2.27 bits per heavy atom. The molecule has 0 saturated heterocycles. The summed E-state index contributed by atoms with van der Waals surface area (Å²) >= 11 is 0. The van der Waals surface area contributed by atoms with Gasteiger partial charge >= 0.3 is 6.03 Å². The summed E-state index contributed by atoms with van der Waals surface area (Å²) < 4.78 is 0. The molecule has 0 aliphatic heterocycles. The van der Waals surface area contributed by atoms with E-state index in [0.29, 0.717) is 6.54 Å². The van der Waals surface area contributed by atoms with Gasteiger partial charge < -0.3 is 10.3 Å². The van der Waals surface area contributed by atoms with Crippen LogP contribution in [-0.2, 0) is 6.54 Å². The molecule has 0 radical (unpaired) electrons. The van der Waals surface area contributed by atoms with Crippen molar-refractivity contribution in [3.05, 3.63) is 96.7 Å². The second kappa shape index (κ2) is 7.15. The van der Waals surface area contributed by atoms with Crippen molar-refractivity contribution < 1.29 is 4.79 Å². The maximum atomic E-state index is 13.1. The molecule has 0 unspecified atom stereocenters. The van der Waals surface area contributed by atoms with Crippen LogP contribution in [0.1, 0.15) is 5.56 Å². The molecule has 1 heterocycles. The van der Waals surface area contributed by atoms with E-state index in [2.05, 4.69) is 10.3 Å². The Morgan fingerprint density at radius 1 is 0.846 bits per heavy atom. The Bertz CT molecular complexity index is 1010. The first kappa shape index (κ1) is 16.0. The molecule has 2 amide bonds. The standard InChI is InChI=1S/C22H19N3O/c26-22(24-21-15-23-20-14-8-7-13-19(20)21)25(18-11-5-2-6-12-18)16-17-9-3-1-4-10-17/h1-15,23H,16H2,(H,24,26). The summed E-state index contributed by atoms with van der Waals surface area (Å²) in [6.45, 7) is 0.499. The van der Waals surface area contributed by atoms with Gasteiger partial charge in [-0.3, -0.25) is 4.90 Å². The number of anilines is 2. The molecule has 0 fully saturated rings. The van der Waals surface area contributed by atoms with E-state index in [-0.39, 0.29) is 6.03 Å². The Kier molecular flexibility index (Phi) is 4.39. The average Bonchev–Trinajstić information content (AvgIpc) is 3.10. The third-order valence-electron chi connectivity index (χ3n) is 4.33. The highest BCUT2D eigenvalue weighted by molar-refractivity contribution is 6.07. The third-order valence-corrected chi connectivity index (χ3v) is 4.33. The van der Waals surface area contributed by atoms with E-state index in [1.165, 1.54) is 0 Å². The van der Waals surface area contributed by atoms with Crippen LogP contribution >= 0.6 is 0 Å². The lowest BCUT2D eigenvalue weighted by Gasteiger charge is -2.23. The van der Waals surface area contributed by atoms with E-state index >= 15 is 0 Å². The zero-order chi connectivity index (χ0) is 17.8. The number of benzene rings is 3. The highest BCUT2D eigenvalue weighted by atomic mass is 16.2. The Labute approximate surface area is 152 Å². The molecule has 0 bridgehead atoms. The van der Waals surface area contributed by atoms with E-state index in [0.717, 1.165) is 27.8 Å². The van der Waals surface area contributed by atoms with E-state index in [1.54, 1.807) is 4.90 Å². The lowest BCUT2D eigenvalue weighted by atomic mass is 10.2. The summed E-state index contributed by atoms with van der Waals surface area (Å²) in [5, 5.41) is 4.03. The molecule has 0 atom stereocenters. The number of rotatable bonds is 4. The molecule has 4 rings (SSSR count). The number of aromatic nitrogens is 1. The van der Waals surface area contributed by atoms with Gasteiger partial charge in [0.1, 0.15) is 0 Å². The van der Waals surface area contributed by atoms with Crippen molar-refractivity contribution in [2.24, 2.45) is 0 Å². The van der Waals surface area contributed by atoms with Gasteiger partial charge in [0.2, 0.25) is 0 Å². The Hall–Kier alpha value is -3.53. The van der Waals surface area contributed by atoms with E-state index < -0.39 is 0 Å². The minimum Gasteiger partial charge on any atom is -0.359 e. The van der Waals surface area contributed by atoms with Crippen molar-refractivity contribution >= 4 is 28.3 Å². The number of amides is 2. The van der Waals surface area contributed by atoms with Gasteiger partial charge in [-0.1, -0.05) is 66.7 Å². The van der Waals surface area contributed by atoms with Crippen LogP contribution in [0.4, 0.5) is 16.2 Å². The smallest absolute Gasteiger partial charge is 0.326 e. The molecule has 4 nitrogen and oxygen atoms in total. The number of H-pyrrole nitrogens is 1. The summed E-state index contributed by atoms with van der Waals surface area (Å²) in [7, 11) is 0. The first-order valence-electron chi connectivity index (χ1n) is 8.55. The predicted octanol–water partition coefficient (Wildman–Crippen LogP) is 5.41. The summed E-state index contributed by atoms with van der Waals surface area (Å²) in [5.41, 5.74) is 3.70. The number of nitrogens with one attached hydrogen (secondary N) is 2. The van der Waals surface area contributed by atoms with Crippen LogP contribution in [0.3, 0.4) is 0 Å². The van der Waals surface area contributed by atoms with Gasteiger partial charge in [-0.25, -0.2) is 4.79 Å². The first-order chi connectivity index (χ1) is 12.8. The lowest BCUT2D eigenvalue weighted by Crippen LogP contribution is -2.34. The number of fused-ring (bicyclic) bond motifs is 1. The topological polar surface area (TPSA) is 48.1 Å². The van der Waals surface area contributed by atoms with E-state index in [9.17, 15) is 4.79 Å². The Morgan fingerprint density at radius 2 is 1.50 bits per heavy atom. The Balaban J connectivity index is 1.63. The molecule has 1 aromatic heterocycles. The number of urea groups is 1. The molecule has 3 aromatic carbocycles. The summed E-state index contributed by atoms with van der Waals surface area (Å²) in [4.78, 5) is 18.0. The fourth-order valence-electron chi connectivity index (χ4n) is 3.01. The van der Waals surface area contributed by atoms with Crippen molar-refractivity contribution in [1.29, 1.82) is 0 Å². The van der Waals surface area contributed by atoms with Crippen LogP contribution in [0.25, 0.3) is 10.9 Å².